The second-order valence-electron chi connectivity index (χ2n) is 3.97. The summed E-state index contributed by atoms with van der Waals surface area (Å²) in [6.45, 7) is 3.62. The molecule has 1 atom stereocenters. The van der Waals surface area contributed by atoms with E-state index in [0.29, 0.717) is 25.0 Å². The van der Waals surface area contributed by atoms with Crippen LogP contribution in [0.2, 0.25) is 5.22 Å². The Kier molecular flexibility index (Phi) is 4.23. The summed E-state index contributed by atoms with van der Waals surface area (Å²) in [5.74, 6) is 0.865. The van der Waals surface area contributed by atoms with Gasteiger partial charge in [0.2, 0.25) is 0 Å². The van der Waals surface area contributed by atoms with Crippen LogP contribution in [0.5, 0.6) is 0 Å². The Bertz CT molecular complexity index is 323. The van der Waals surface area contributed by atoms with Crippen LogP contribution < -0.4 is 0 Å². The Morgan fingerprint density at radius 3 is 2.94 bits per heavy atom. The third-order valence-corrected chi connectivity index (χ3v) is 2.66. The molecule has 1 aliphatic heterocycles. The minimum absolute atomic E-state index is 0.157. The van der Waals surface area contributed by atoms with Crippen molar-refractivity contribution in [1.29, 1.82) is 0 Å². The monoisotopic (exact) mass is 245 g/mol. The van der Waals surface area contributed by atoms with Crippen molar-refractivity contribution in [2.24, 2.45) is 0 Å². The van der Waals surface area contributed by atoms with E-state index in [2.05, 4.69) is 4.90 Å². The van der Waals surface area contributed by atoms with Gasteiger partial charge in [-0.15, -0.1) is 0 Å². The Morgan fingerprint density at radius 2 is 2.31 bits per heavy atom. The average Bonchev–Trinajstić information content (AvgIpc) is 2.65. The molecule has 0 saturated carbocycles. The van der Waals surface area contributed by atoms with Crippen LogP contribution >= 0.6 is 11.6 Å². The zero-order chi connectivity index (χ0) is 11.4. The molecule has 0 amide bonds. The van der Waals surface area contributed by atoms with Crippen molar-refractivity contribution in [3.05, 3.63) is 23.1 Å². The third kappa shape index (κ3) is 3.49. The molecule has 1 aliphatic rings. The van der Waals surface area contributed by atoms with Crippen molar-refractivity contribution in [3.8, 4) is 0 Å². The number of hydrogen-bond donors (Lipinski definition) is 0. The van der Waals surface area contributed by atoms with E-state index in [4.69, 9.17) is 25.5 Å². The molecule has 1 aromatic heterocycles. The van der Waals surface area contributed by atoms with Gasteiger partial charge in [0, 0.05) is 6.54 Å². The molecule has 0 spiro atoms. The Hall–Kier alpha value is -0.550. The van der Waals surface area contributed by atoms with E-state index in [-0.39, 0.29) is 6.10 Å². The molecule has 0 radical (unpaired) electrons. The van der Waals surface area contributed by atoms with E-state index in [1.165, 1.54) is 0 Å². The summed E-state index contributed by atoms with van der Waals surface area (Å²) < 4.78 is 16.2. The highest BCUT2D eigenvalue weighted by Crippen LogP contribution is 2.14. The second kappa shape index (κ2) is 5.68. The van der Waals surface area contributed by atoms with Gasteiger partial charge >= 0.3 is 0 Å². The molecule has 0 N–H and O–H groups in total. The van der Waals surface area contributed by atoms with Crippen molar-refractivity contribution in [3.63, 3.8) is 0 Å². The molecular formula is C11H16ClNO3. The van der Waals surface area contributed by atoms with Crippen LogP contribution in [-0.4, -0.2) is 44.4 Å². The van der Waals surface area contributed by atoms with Crippen LogP contribution in [0.3, 0.4) is 0 Å². The van der Waals surface area contributed by atoms with Gasteiger partial charge in [-0.1, -0.05) is 0 Å². The summed E-state index contributed by atoms with van der Waals surface area (Å²) in [5.41, 5.74) is 0. The lowest BCUT2D eigenvalue weighted by Gasteiger charge is -2.26. The molecular weight excluding hydrogens is 230 g/mol. The minimum atomic E-state index is 0.157. The van der Waals surface area contributed by atoms with Crippen molar-refractivity contribution in [2.45, 2.75) is 12.6 Å². The summed E-state index contributed by atoms with van der Waals surface area (Å²) in [4.78, 5) is 2.13. The van der Waals surface area contributed by atoms with Gasteiger partial charge in [0.1, 0.15) is 5.76 Å². The minimum Gasteiger partial charge on any atom is -0.448 e. The van der Waals surface area contributed by atoms with Crippen molar-refractivity contribution in [2.75, 3.05) is 33.4 Å². The van der Waals surface area contributed by atoms with Crippen LogP contribution in [0.25, 0.3) is 0 Å². The fourth-order valence-corrected chi connectivity index (χ4v) is 1.92. The molecule has 1 aromatic rings. The van der Waals surface area contributed by atoms with E-state index >= 15 is 0 Å². The maximum atomic E-state index is 5.71. The molecule has 1 fully saturated rings. The number of furan rings is 1. The van der Waals surface area contributed by atoms with E-state index < -0.39 is 0 Å². The molecule has 2 heterocycles. The second-order valence-corrected chi connectivity index (χ2v) is 4.34. The van der Waals surface area contributed by atoms with Gasteiger partial charge in [0.05, 0.1) is 32.5 Å². The van der Waals surface area contributed by atoms with Gasteiger partial charge in [0.15, 0.2) is 5.22 Å². The zero-order valence-electron chi connectivity index (χ0n) is 9.32. The van der Waals surface area contributed by atoms with E-state index in [1.54, 1.807) is 6.07 Å². The Balaban J connectivity index is 1.77. The highest BCUT2D eigenvalue weighted by atomic mass is 35.5. The molecule has 0 aliphatic carbocycles. The number of nitrogens with zero attached hydrogens (tertiary/aromatic N) is 1. The molecule has 0 bridgehead atoms. The highest BCUT2D eigenvalue weighted by Gasteiger charge is 2.16. The summed E-state index contributed by atoms with van der Waals surface area (Å²) >= 11 is 5.71. The maximum absolute atomic E-state index is 5.71. The summed E-state index contributed by atoms with van der Waals surface area (Å²) in [6.07, 6.45) is 0.157. The zero-order valence-corrected chi connectivity index (χ0v) is 10.1. The number of rotatable bonds is 4. The van der Waals surface area contributed by atoms with E-state index in [9.17, 15) is 0 Å². The quantitative estimate of drug-likeness (QED) is 0.810. The first kappa shape index (κ1) is 11.9. The number of likely N-dealkylation sites (N-methyl/N-ethyl adjacent to an activating group) is 1. The molecule has 16 heavy (non-hydrogen) atoms. The largest absolute Gasteiger partial charge is 0.448 e. The fourth-order valence-electron chi connectivity index (χ4n) is 1.76. The first-order chi connectivity index (χ1) is 7.74. The third-order valence-electron chi connectivity index (χ3n) is 2.45. The Morgan fingerprint density at radius 1 is 1.44 bits per heavy atom. The molecule has 4 nitrogen and oxygen atoms in total. The molecule has 90 valence electrons. The summed E-state index contributed by atoms with van der Waals surface area (Å²) in [5, 5.41) is 0.431. The smallest absolute Gasteiger partial charge is 0.193 e. The standard InChI is InChI=1S/C11H16ClNO3/c1-13(6-9-2-3-11(12)16-9)7-10-8-14-4-5-15-10/h2-3,10H,4-8H2,1H3/t10-/m0/s1. The van der Waals surface area contributed by atoms with Crippen LogP contribution in [0.4, 0.5) is 0 Å². The van der Waals surface area contributed by atoms with Crippen LogP contribution in [0.15, 0.2) is 16.5 Å². The van der Waals surface area contributed by atoms with Gasteiger partial charge in [-0.2, -0.15) is 0 Å². The molecule has 1 saturated heterocycles. The van der Waals surface area contributed by atoms with Gasteiger partial charge in [-0.3, -0.25) is 4.90 Å². The lowest BCUT2D eigenvalue weighted by molar-refractivity contribution is -0.0965. The number of halogens is 1. The fraction of sp³-hybridized carbons (Fsp3) is 0.636. The lowest BCUT2D eigenvalue weighted by Crippen LogP contribution is -2.38. The van der Waals surface area contributed by atoms with Crippen molar-refractivity contribution < 1.29 is 13.9 Å². The van der Waals surface area contributed by atoms with E-state index in [1.807, 2.05) is 13.1 Å². The van der Waals surface area contributed by atoms with Gasteiger partial charge < -0.3 is 13.9 Å². The molecule has 2 rings (SSSR count). The van der Waals surface area contributed by atoms with Gasteiger partial charge in [-0.05, 0) is 30.8 Å². The van der Waals surface area contributed by atoms with Gasteiger partial charge in [0.25, 0.3) is 0 Å². The predicted octanol–water partition coefficient (Wildman–Crippen LogP) is 1.78. The number of ether oxygens (including phenoxy) is 2. The molecule has 0 unspecified atom stereocenters. The normalized spacial score (nSPS) is 21.6. The van der Waals surface area contributed by atoms with Crippen LogP contribution in [0, 0.1) is 0 Å². The van der Waals surface area contributed by atoms with E-state index in [0.717, 1.165) is 18.8 Å². The topological polar surface area (TPSA) is 34.8 Å². The first-order valence-corrected chi connectivity index (χ1v) is 5.74. The maximum Gasteiger partial charge on any atom is 0.193 e. The lowest BCUT2D eigenvalue weighted by atomic mass is 10.3. The summed E-state index contributed by atoms with van der Waals surface area (Å²) in [6, 6.07) is 3.64. The summed E-state index contributed by atoms with van der Waals surface area (Å²) in [7, 11) is 2.02. The van der Waals surface area contributed by atoms with Gasteiger partial charge in [-0.25, -0.2) is 0 Å². The van der Waals surface area contributed by atoms with Crippen LogP contribution in [0.1, 0.15) is 5.76 Å². The molecule has 0 aromatic carbocycles. The predicted molar refractivity (Wildman–Crippen MR) is 60.6 cm³/mol. The Labute approximate surface area is 100 Å². The van der Waals surface area contributed by atoms with Crippen molar-refractivity contribution >= 4 is 11.6 Å². The molecule has 5 heteroatoms. The average molecular weight is 246 g/mol. The van der Waals surface area contributed by atoms with Crippen molar-refractivity contribution in [1.82, 2.24) is 4.90 Å². The van der Waals surface area contributed by atoms with Crippen LogP contribution in [-0.2, 0) is 16.0 Å². The number of hydrogen-bond acceptors (Lipinski definition) is 4. The highest BCUT2D eigenvalue weighted by molar-refractivity contribution is 6.28. The SMILES string of the molecule is CN(Cc1ccc(Cl)o1)C[C@H]1COCCO1. The first-order valence-electron chi connectivity index (χ1n) is 5.36.